The molecule has 1 unspecified atom stereocenters. The molecule has 5 heteroatoms. The molecule has 1 saturated carbocycles. The quantitative estimate of drug-likeness (QED) is 0.784. The monoisotopic (exact) mass is 277 g/mol. The van der Waals surface area contributed by atoms with Gasteiger partial charge in [0, 0.05) is 25.3 Å². The van der Waals surface area contributed by atoms with E-state index < -0.39 is 12.0 Å². The van der Waals surface area contributed by atoms with E-state index in [0.29, 0.717) is 0 Å². The zero-order valence-electron chi connectivity index (χ0n) is 11.8. The van der Waals surface area contributed by atoms with E-state index in [2.05, 4.69) is 5.32 Å². The molecule has 1 atom stereocenters. The first kappa shape index (κ1) is 16.3. The summed E-state index contributed by atoms with van der Waals surface area (Å²) in [5, 5.41) is 12.6. The molecule has 0 aliphatic heterocycles. The van der Waals surface area contributed by atoms with E-state index in [0.717, 1.165) is 12.8 Å². The number of carbonyl (C=O) groups excluding carboxylic acids is 1. The number of aliphatic hydroxyl groups is 1. The van der Waals surface area contributed by atoms with Gasteiger partial charge in [-0.05, 0) is 18.8 Å². The second-order valence-electron chi connectivity index (χ2n) is 5.52. The first-order chi connectivity index (χ1) is 8.89. The van der Waals surface area contributed by atoms with Gasteiger partial charge in [-0.25, -0.2) is 8.78 Å². The first-order valence-electron chi connectivity index (χ1n) is 7.23. The Bertz CT molecular complexity index is 283. The predicted molar refractivity (Wildman–Crippen MR) is 70.0 cm³/mol. The van der Waals surface area contributed by atoms with E-state index in [9.17, 15) is 18.7 Å². The molecule has 2 N–H and O–H groups in total. The van der Waals surface area contributed by atoms with Gasteiger partial charge in [-0.2, -0.15) is 0 Å². The first-order valence-corrected chi connectivity index (χ1v) is 7.23. The van der Waals surface area contributed by atoms with E-state index in [1.165, 1.54) is 0 Å². The second-order valence-corrected chi connectivity index (χ2v) is 5.52. The summed E-state index contributed by atoms with van der Waals surface area (Å²) in [5.41, 5.74) is 0. The Balaban J connectivity index is 2.32. The predicted octanol–water partition coefficient (Wildman–Crippen LogP) is 2.73. The molecule has 0 heterocycles. The molecule has 1 aliphatic carbocycles. The Morgan fingerprint density at radius 2 is 1.84 bits per heavy atom. The number of hydrogen-bond acceptors (Lipinski definition) is 2. The molecule has 3 nitrogen and oxygen atoms in total. The molecule has 1 amide bonds. The number of hydrogen-bond donors (Lipinski definition) is 2. The van der Waals surface area contributed by atoms with E-state index >= 15 is 0 Å². The summed E-state index contributed by atoms with van der Waals surface area (Å²) in [6, 6.07) is 0. The molecule has 0 saturated heterocycles. The molecule has 0 bridgehead atoms. The van der Waals surface area contributed by atoms with Crippen LogP contribution in [0.5, 0.6) is 0 Å². The topological polar surface area (TPSA) is 49.3 Å². The summed E-state index contributed by atoms with van der Waals surface area (Å²) in [6.07, 6.45) is 1.23. The zero-order chi connectivity index (χ0) is 14.5. The van der Waals surface area contributed by atoms with Crippen LogP contribution >= 0.6 is 0 Å². The van der Waals surface area contributed by atoms with Gasteiger partial charge in [0.15, 0.2) is 0 Å². The highest BCUT2D eigenvalue weighted by atomic mass is 19.3. The van der Waals surface area contributed by atoms with Crippen LogP contribution in [-0.2, 0) is 4.79 Å². The fourth-order valence-corrected chi connectivity index (χ4v) is 2.65. The Labute approximate surface area is 113 Å². The maximum atomic E-state index is 13.0. The van der Waals surface area contributed by atoms with Crippen LogP contribution in [0.15, 0.2) is 0 Å². The van der Waals surface area contributed by atoms with Gasteiger partial charge >= 0.3 is 0 Å². The van der Waals surface area contributed by atoms with Gasteiger partial charge in [-0.3, -0.25) is 4.79 Å². The smallest absolute Gasteiger partial charge is 0.248 e. The van der Waals surface area contributed by atoms with Gasteiger partial charge in [-0.1, -0.05) is 26.7 Å². The third-order valence-electron chi connectivity index (χ3n) is 4.17. The molecular formula is C14H25F2NO2. The molecule has 1 rings (SSSR count). The van der Waals surface area contributed by atoms with E-state index in [1.807, 2.05) is 13.8 Å². The lowest BCUT2D eigenvalue weighted by atomic mass is 9.86. The molecule has 0 radical (unpaired) electrons. The highest BCUT2D eigenvalue weighted by molar-refractivity contribution is 5.78. The minimum atomic E-state index is -2.61. The molecule has 0 aromatic rings. The van der Waals surface area contributed by atoms with E-state index in [-0.39, 0.29) is 50.0 Å². The molecule has 0 aromatic heterocycles. The molecule has 0 aromatic carbocycles. The van der Waals surface area contributed by atoms with Gasteiger partial charge in [-0.15, -0.1) is 0 Å². The standard InChI is InChI=1S/C14H25F2NO2/c1-3-10(4-2)12(18)9-17-13(19)11-5-7-14(15,16)8-6-11/h10-12,18H,3-9H2,1-2H3,(H,17,19). The van der Waals surface area contributed by atoms with Crippen LogP contribution in [0.2, 0.25) is 0 Å². The van der Waals surface area contributed by atoms with Crippen molar-refractivity contribution in [3.8, 4) is 0 Å². The van der Waals surface area contributed by atoms with Crippen molar-refractivity contribution in [1.29, 1.82) is 0 Å². The lowest BCUT2D eigenvalue weighted by Crippen LogP contribution is -2.41. The van der Waals surface area contributed by atoms with Crippen LogP contribution in [0, 0.1) is 11.8 Å². The van der Waals surface area contributed by atoms with Crippen LogP contribution < -0.4 is 5.32 Å². The Hall–Kier alpha value is -0.710. The average Bonchev–Trinajstić information content (AvgIpc) is 2.37. The Morgan fingerprint density at radius 3 is 2.32 bits per heavy atom. The molecule has 0 spiro atoms. The summed E-state index contributed by atoms with van der Waals surface area (Å²) in [7, 11) is 0. The van der Waals surface area contributed by atoms with Gasteiger partial charge < -0.3 is 10.4 Å². The fourth-order valence-electron chi connectivity index (χ4n) is 2.65. The van der Waals surface area contributed by atoms with Crippen molar-refractivity contribution in [2.45, 2.75) is 64.4 Å². The van der Waals surface area contributed by atoms with Crippen molar-refractivity contribution in [1.82, 2.24) is 5.32 Å². The lowest BCUT2D eigenvalue weighted by Gasteiger charge is -2.28. The Morgan fingerprint density at radius 1 is 1.32 bits per heavy atom. The van der Waals surface area contributed by atoms with Crippen molar-refractivity contribution < 1.29 is 18.7 Å². The highest BCUT2D eigenvalue weighted by Crippen LogP contribution is 2.36. The van der Waals surface area contributed by atoms with Crippen molar-refractivity contribution in [2.24, 2.45) is 11.8 Å². The third kappa shape index (κ3) is 5.05. The van der Waals surface area contributed by atoms with Crippen LogP contribution in [0.4, 0.5) is 8.78 Å². The van der Waals surface area contributed by atoms with Crippen molar-refractivity contribution in [2.75, 3.05) is 6.54 Å². The fraction of sp³-hybridized carbons (Fsp3) is 0.929. The summed E-state index contributed by atoms with van der Waals surface area (Å²) >= 11 is 0. The summed E-state index contributed by atoms with van der Waals surface area (Å²) < 4.78 is 26.0. The van der Waals surface area contributed by atoms with Crippen LogP contribution in [0.3, 0.4) is 0 Å². The summed E-state index contributed by atoms with van der Waals surface area (Å²) in [6.45, 7) is 4.23. The number of halogens is 2. The van der Waals surface area contributed by atoms with Crippen molar-refractivity contribution in [3.05, 3.63) is 0 Å². The molecule has 112 valence electrons. The normalized spacial score (nSPS) is 21.4. The largest absolute Gasteiger partial charge is 0.391 e. The number of alkyl halides is 2. The number of rotatable bonds is 6. The van der Waals surface area contributed by atoms with E-state index in [1.54, 1.807) is 0 Å². The number of aliphatic hydroxyl groups excluding tert-OH is 1. The second kappa shape index (κ2) is 7.17. The summed E-state index contributed by atoms with van der Waals surface area (Å²) in [4.78, 5) is 11.8. The molecule has 1 aliphatic rings. The third-order valence-corrected chi connectivity index (χ3v) is 4.17. The molecular weight excluding hydrogens is 252 g/mol. The number of amides is 1. The number of carbonyl (C=O) groups is 1. The van der Waals surface area contributed by atoms with E-state index in [4.69, 9.17) is 0 Å². The van der Waals surface area contributed by atoms with Gasteiger partial charge in [0.05, 0.1) is 6.10 Å². The van der Waals surface area contributed by atoms with Gasteiger partial charge in [0.1, 0.15) is 0 Å². The minimum Gasteiger partial charge on any atom is -0.391 e. The Kier molecular flexibility index (Phi) is 6.17. The SMILES string of the molecule is CCC(CC)C(O)CNC(=O)C1CCC(F)(F)CC1. The van der Waals surface area contributed by atoms with Crippen LogP contribution in [0.1, 0.15) is 52.4 Å². The summed E-state index contributed by atoms with van der Waals surface area (Å²) in [5.74, 6) is -2.95. The average molecular weight is 277 g/mol. The lowest BCUT2D eigenvalue weighted by molar-refractivity contribution is -0.129. The van der Waals surface area contributed by atoms with Crippen LogP contribution in [0.25, 0.3) is 0 Å². The molecule has 1 fully saturated rings. The maximum absolute atomic E-state index is 13.0. The van der Waals surface area contributed by atoms with Gasteiger partial charge in [0.2, 0.25) is 11.8 Å². The molecule has 19 heavy (non-hydrogen) atoms. The number of nitrogens with one attached hydrogen (secondary N) is 1. The maximum Gasteiger partial charge on any atom is 0.248 e. The van der Waals surface area contributed by atoms with Gasteiger partial charge in [0.25, 0.3) is 0 Å². The van der Waals surface area contributed by atoms with Crippen molar-refractivity contribution in [3.63, 3.8) is 0 Å². The highest BCUT2D eigenvalue weighted by Gasteiger charge is 2.37. The minimum absolute atomic E-state index is 0.177. The van der Waals surface area contributed by atoms with Crippen molar-refractivity contribution >= 4 is 5.91 Å². The van der Waals surface area contributed by atoms with Crippen LogP contribution in [-0.4, -0.2) is 29.6 Å². The zero-order valence-corrected chi connectivity index (χ0v) is 11.8.